The number of likely N-dealkylation sites (N-methyl/N-ethyl adjacent to an activating group) is 1. The average Bonchev–Trinajstić information content (AvgIpc) is 2.33. The van der Waals surface area contributed by atoms with Crippen molar-refractivity contribution in [3.63, 3.8) is 0 Å². The molecule has 0 radical (unpaired) electrons. The van der Waals surface area contributed by atoms with Crippen molar-refractivity contribution in [2.24, 2.45) is 0 Å². The number of allylic oxidation sites excluding steroid dienone is 9. The Morgan fingerprint density at radius 2 is 1.67 bits per heavy atom. The van der Waals surface area contributed by atoms with Crippen LogP contribution >= 0.6 is 0 Å². The van der Waals surface area contributed by atoms with Gasteiger partial charge in [0.15, 0.2) is 0 Å². The van der Waals surface area contributed by atoms with Crippen molar-refractivity contribution in [2.45, 2.75) is 27.7 Å². The monoisotopic (exact) mass is 243 g/mol. The number of rotatable bonds is 6. The first-order valence-electron chi connectivity index (χ1n) is 6.23. The minimum absolute atomic E-state index is 1.11. The first kappa shape index (κ1) is 16.2. The second-order valence-corrected chi connectivity index (χ2v) is 4.20. The quantitative estimate of drug-likeness (QED) is 0.594. The number of hydrogen-bond donors (Lipinski definition) is 0. The first-order chi connectivity index (χ1) is 8.56. The van der Waals surface area contributed by atoms with Gasteiger partial charge in [-0.05, 0) is 45.9 Å². The van der Waals surface area contributed by atoms with Gasteiger partial charge >= 0.3 is 0 Å². The summed E-state index contributed by atoms with van der Waals surface area (Å²) in [6.07, 6.45) is 16.3. The van der Waals surface area contributed by atoms with Crippen molar-refractivity contribution in [3.8, 4) is 0 Å². The highest BCUT2D eigenvalue weighted by molar-refractivity contribution is 5.31. The molecular weight excluding hydrogens is 218 g/mol. The normalized spacial score (nSPS) is 13.2. The van der Waals surface area contributed by atoms with Crippen molar-refractivity contribution < 1.29 is 0 Å². The van der Waals surface area contributed by atoms with E-state index < -0.39 is 0 Å². The van der Waals surface area contributed by atoms with Crippen LogP contribution in [0, 0.1) is 0 Å². The van der Waals surface area contributed by atoms with Crippen molar-refractivity contribution in [1.29, 1.82) is 0 Å². The third-order valence-corrected chi connectivity index (χ3v) is 2.39. The second-order valence-electron chi connectivity index (χ2n) is 4.20. The molecule has 98 valence electrons. The molecule has 0 rings (SSSR count). The van der Waals surface area contributed by atoms with E-state index in [9.17, 15) is 0 Å². The second kappa shape index (κ2) is 9.29. The van der Waals surface area contributed by atoms with E-state index in [2.05, 4.69) is 62.8 Å². The molecule has 0 N–H and O–H groups in total. The lowest BCUT2D eigenvalue weighted by Crippen LogP contribution is -2.14. The zero-order chi connectivity index (χ0) is 14.0. The predicted molar refractivity (Wildman–Crippen MR) is 83.2 cm³/mol. The summed E-state index contributed by atoms with van der Waals surface area (Å²) < 4.78 is 0. The van der Waals surface area contributed by atoms with E-state index in [0.717, 1.165) is 11.4 Å². The van der Waals surface area contributed by atoms with Gasteiger partial charge in [0.1, 0.15) is 0 Å². The fourth-order valence-corrected chi connectivity index (χ4v) is 1.46. The highest BCUT2D eigenvalue weighted by Gasteiger charge is 2.02. The molecule has 1 nitrogen and oxygen atoms in total. The van der Waals surface area contributed by atoms with Crippen molar-refractivity contribution in [1.82, 2.24) is 4.90 Å². The molecule has 0 aromatic carbocycles. The van der Waals surface area contributed by atoms with E-state index >= 15 is 0 Å². The molecule has 0 saturated carbocycles. The Hall–Kier alpha value is -1.76. The molecule has 0 unspecified atom stereocenters. The van der Waals surface area contributed by atoms with Gasteiger partial charge in [0, 0.05) is 18.4 Å². The number of nitrogens with zero attached hydrogens (tertiary/aromatic N) is 1. The Balaban J connectivity index is 5.07. The number of hydrogen-bond acceptors (Lipinski definition) is 1. The average molecular weight is 243 g/mol. The molecule has 0 aliphatic heterocycles. The van der Waals surface area contributed by atoms with E-state index in [1.807, 2.05) is 26.0 Å². The Morgan fingerprint density at radius 1 is 1.00 bits per heavy atom. The van der Waals surface area contributed by atoms with Crippen LogP contribution in [0.2, 0.25) is 0 Å². The Bertz CT molecular complexity index is 399. The Morgan fingerprint density at radius 3 is 2.11 bits per heavy atom. The van der Waals surface area contributed by atoms with Crippen LogP contribution in [0.1, 0.15) is 27.7 Å². The van der Waals surface area contributed by atoms with Crippen molar-refractivity contribution >= 4 is 0 Å². The SMILES string of the molecule is C=C/C=C(\C=C/C)N(C)C(/C=C\C=C(C)C)=C/C. The standard InChI is InChI=1S/C17H25N/c1-7-11-17(12-8-2)18(6)16(9-3)14-10-13-15(4)5/h7-14H,1H2,2-6H3/b12-8-,14-10-,16-9+,17-11+. The molecule has 0 fully saturated rings. The lowest BCUT2D eigenvalue weighted by atomic mass is 10.2. The summed E-state index contributed by atoms with van der Waals surface area (Å²) in [6.45, 7) is 12.0. The molecule has 0 atom stereocenters. The molecule has 18 heavy (non-hydrogen) atoms. The lowest BCUT2D eigenvalue weighted by molar-refractivity contribution is 0.553. The Labute approximate surface area is 112 Å². The van der Waals surface area contributed by atoms with Gasteiger partial charge < -0.3 is 4.90 Å². The van der Waals surface area contributed by atoms with Gasteiger partial charge in [0.05, 0.1) is 0 Å². The van der Waals surface area contributed by atoms with Crippen molar-refractivity contribution in [3.05, 3.63) is 72.2 Å². The van der Waals surface area contributed by atoms with E-state index in [4.69, 9.17) is 0 Å². The van der Waals surface area contributed by atoms with Gasteiger partial charge in [-0.3, -0.25) is 0 Å². The lowest BCUT2D eigenvalue weighted by Gasteiger charge is -2.21. The maximum atomic E-state index is 3.75. The third kappa shape index (κ3) is 6.09. The zero-order valence-electron chi connectivity index (χ0n) is 12.3. The predicted octanol–water partition coefficient (Wildman–Crippen LogP) is 4.99. The van der Waals surface area contributed by atoms with Crippen LogP contribution in [-0.2, 0) is 0 Å². The Kier molecular flexibility index (Phi) is 8.38. The van der Waals surface area contributed by atoms with E-state index in [1.54, 1.807) is 6.08 Å². The van der Waals surface area contributed by atoms with Crippen LogP contribution in [-0.4, -0.2) is 11.9 Å². The molecule has 0 heterocycles. The molecule has 0 aliphatic carbocycles. The highest BCUT2D eigenvalue weighted by atomic mass is 15.1. The molecule has 1 heteroatoms. The smallest absolute Gasteiger partial charge is 0.0404 e. The van der Waals surface area contributed by atoms with Crippen LogP contribution in [0.15, 0.2) is 72.2 Å². The van der Waals surface area contributed by atoms with Crippen LogP contribution in [0.3, 0.4) is 0 Å². The van der Waals surface area contributed by atoms with Gasteiger partial charge in [-0.25, -0.2) is 0 Å². The van der Waals surface area contributed by atoms with E-state index in [-0.39, 0.29) is 0 Å². The highest BCUT2D eigenvalue weighted by Crippen LogP contribution is 2.13. The summed E-state index contributed by atoms with van der Waals surface area (Å²) in [5.74, 6) is 0. The molecule has 0 aromatic rings. The zero-order valence-corrected chi connectivity index (χ0v) is 12.3. The fraction of sp³-hybridized carbons (Fsp3) is 0.294. The van der Waals surface area contributed by atoms with Gasteiger partial charge in [-0.2, -0.15) is 0 Å². The summed E-state index contributed by atoms with van der Waals surface area (Å²) in [5, 5.41) is 0. The summed E-state index contributed by atoms with van der Waals surface area (Å²) in [4.78, 5) is 2.14. The summed E-state index contributed by atoms with van der Waals surface area (Å²) >= 11 is 0. The molecule has 0 aromatic heterocycles. The van der Waals surface area contributed by atoms with E-state index in [0.29, 0.717) is 0 Å². The maximum Gasteiger partial charge on any atom is 0.0404 e. The van der Waals surface area contributed by atoms with Crippen LogP contribution in [0.5, 0.6) is 0 Å². The van der Waals surface area contributed by atoms with E-state index in [1.165, 1.54) is 5.57 Å². The molecule has 0 aliphatic rings. The summed E-state index contributed by atoms with van der Waals surface area (Å²) in [5.41, 5.74) is 3.56. The van der Waals surface area contributed by atoms with Crippen molar-refractivity contribution in [2.75, 3.05) is 7.05 Å². The molecular formula is C17H25N. The van der Waals surface area contributed by atoms with Gasteiger partial charge in [-0.1, -0.05) is 42.5 Å². The van der Waals surface area contributed by atoms with Gasteiger partial charge in [0.25, 0.3) is 0 Å². The fourth-order valence-electron chi connectivity index (χ4n) is 1.46. The largest absolute Gasteiger partial charge is 0.345 e. The first-order valence-corrected chi connectivity index (χ1v) is 6.23. The maximum absolute atomic E-state index is 3.75. The molecule has 0 amide bonds. The topological polar surface area (TPSA) is 3.24 Å². The van der Waals surface area contributed by atoms with Gasteiger partial charge in [-0.15, -0.1) is 0 Å². The molecule has 0 saturated heterocycles. The third-order valence-electron chi connectivity index (χ3n) is 2.39. The molecule has 0 spiro atoms. The summed E-state index contributed by atoms with van der Waals surface area (Å²) in [7, 11) is 2.05. The van der Waals surface area contributed by atoms with Crippen LogP contribution in [0.25, 0.3) is 0 Å². The van der Waals surface area contributed by atoms with Gasteiger partial charge in [0.2, 0.25) is 0 Å². The summed E-state index contributed by atoms with van der Waals surface area (Å²) in [6, 6.07) is 0. The van der Waals surface area contributed by atoms with Crippen LogP contribution < -0.4 is 0 Å². The molecule has 0 bridgehead atoms. The minimum atomic E-state index is 1.11. The minimum Gasteiger partial charge on any atom is -0.345 e. The van der Waals surface area contributed by atoms with Crippen LogP contribution in [0.4, 0.5) is 0 Å².